The largest absolute Gasteiger partial charge is 0.493 e. The van der Waals surface area contributed by atoms with Crippen LogP contribution in [0.2, 0.25) is 0 Å². The minimum absolute atomic E-state index is 0.0399. The lowest BCUT2D eigenvalue weighted by atomic mass is 10.00. The highest BCUT2D eigenvalue weighted by Gasteiger charge is 2.17. The summed E-state index contributed by atoms with van der Waals surface area (Å²) in [6.45, 7) is 0. The van der Waals surface area contributed by atoms with Crippen LogP contribution in [-0.4, -0.2) is 43.5 Å². The highest BCUT2D eigenvalue weighted by Crippen LogP contribution is 2.31. The van der Waals surface area contributed by atoms with Crippen LogP contribution in [0, 0.1) is 0 Å². The number of carbonyl (C=O) groups excluding carboxylic acids is 1. The summed E-state index contributed by atoms with van der Waals surface area (Å²) in [4.78, 5) is 11.5. The van der Waals surface area contributed by atoms with Gasteiger partial charge in [0.05, 0.1) is 33.5 Å². The highest BCUT2D eigenvalue weighted by atomic mass is 79.9. The second-order valence-electron chi connectivity index (χ2n) is 3.80. The summed E-state index contributed by atoms with van der Waals surface area (Å²) in [5, 5.41) is 12.6. The molecule has 1 N–H and O–H groups in total. The molecule has 20 heavy (non-hydrogen) atoms. The second kappa shape index (κ2) is 7.74. The van der Waals surface area contributed by atoms with Crippen molar-refractivity contribution in [1.82, 2.24) is 0 Å². The Bertz CT molecular complexity index is 516. The van der Waals surface area contributed by atoms with E-state index < -0.39 is 5.97 Å². The number of rotatable bonds is 6. The molecule has 1 aromatic rings. The van der Waals surface area contributed by atoms with Gasteiger partial charge in [0.15, 0.2) is 11.5 Å². The Balaban J connectivity index is 3.39. The molecule has 1 rings (SSSR count). The zero-order chi connectivity index (χ0) is 15.1. The zero-order valence-corrected chi connectivity index (χ0v) is 13.1. The molecule has 0 atom stereocenters. The first-order valence-electron chi connectivity index (χ1n) is 5.70. The first-order chi connectivity index (χ1) is 9.60. The molecule has 6 nitrogen and oxygen atoms in total. The zero-order valence-electron chi connectivity index (χ0n) is 11.5. The molecule has 0 aliphatic heterocycles. The van der Waals surface area contributed by atoms with E-state index in [1.54, 1.807) is 12.1 Å². The molecule has 0 saturated carbocycles. The number of nitrogens with zero attached hydrogens (tertiary/aromatic N) is 1. The molecule has 0 aliphatic carbocycles. The van der Waals surface area contributed by atoms with Crippen LogP contribution in [0.1, 0.15) is 11.1 Å². The Labute approximate surface area is 125 Å². The third-order valence-corrected chi connectivity index (χ3v) is 3.26. The van der Waals surface area contributed by atoms with Crippen molar-refractivity contribution in [2.45, 2.75) is 6.42 Å². The molecule has 0 aliphatic rings. The number of alkyl halides is 1. The summed E-state index contributed by atoms with van der Waals surface area (Å²) in [6.07, 6.45) is 0.0399. The second-order valence-corrected chi connectivity index (χ2v) is 4.36. The van der Waals surface area contributed by atoms with Crippen LogP contribution in [0.25, 0.3) is 0 Å². The predicted molar refractivity (Wildman–Crippen MR) is 77.4 cm³/mol. The Kier molecular flexibility index (Phi) is 6.30. The number of benzene rings is 1. The number of hydrogen-bond donors (Lipinski definition) is 1. The van der Waals surface area contributed by atoms with Crippen molar-refractivity contribution in [1.29, 1.82) is 0 Å². The number of oxime groups is 1. The van der Waals surface area contributed by atoms with Crippen LogP contribution < -0.4 is 9.47 Å². The summed E-state index contributed by atoms with van der Waals surface area (Å²) in [7, 11) is 4.32. The van der Waals surface area contributed by atoms with E-state index >= 15 is 0 Å². The van der Waals surface area contributed by atoms with E-state index in [2.05, 4.69) is 25.8 Å². The lowest BCUT2D eigenvalue weighted by molar-refractivity contribution is -0.139. The van der Waals surface area contributed by atoms with Crippen LogP contribution in [0.15, 0.2) is 17.3 Å². The average molecular weight is 346 g/mol. The van der Waals surface area contributed by atoms with Crippen LogP contribution in [0.3, 0.4) is 0 Å². The fourth-order valence-electron chi connectivity index (χ4n) is 1.72. The number of carbonyl (C=O) groups is 1. The van der Waals surface area contributed by atoms with Crippen LogP contribution in [-0.2, 0) is 16.0 Å². The van der Waals surface area contributed by atoms with E-state index in [0.29, 0.717) is 33.7 Å². The Morgan fingerprint density at radius 1 is 1.25 bits per heavy atom. The Hall–Kier alpha value is -1.76. The number of methoxy groups -OCH3 is 3. The van der Waals surface area contributed by atoms with Crippen LogP contribution >= 0.6 is 15.9 Å². The summed E-state index contributed by atoms with van der Waals surface area (Å²) in [6, 6.07) is 3.33. The maximum absolute atomic E-state index is 11.5. The SMILES string of the molecule is COC(=O)Cc1cc(OC)c(OC)cc1/C(CBr)=N\O. The van der Waals surface area contributed by atoms with E-state index in [-0.39, 0.29) is 6.42 Å². The molecule has 0 radical (unpaired) electrons. The van der Waals surface area contributed by atoms with E-state index in [0.717, 1.165) is 0 Å². The van der Waals surface area contributed by atoms with Gasteiger partial charge in [-0.15, -0.1) is 0 Å². The molecule has 0 amide bonds. The van der Waals surface area contributed by atoms with Gasteiger partial charge in [-0.3, -0.25) is 4.79 Å². The van der Waals surface area contributed by atoms with Crippen molar-refractivity contribution in [3.05, 3.63) is 23.3 Å². The number of esters is 1. The van der Waals surface area contributed by atoms with Gasteiger partial charge in [0, 0.05) is 10.9 Å². The van der Waals surface area contributed by atoms with E-state index in [9.17, 15) is 4.79 Å². The van der Waals surface area contributed by atoms with Gasteiger partial charge in [0.2, 0.25) is 0 Å². The van der Waals surface area contributed by atoms with Crippen molar-refractivity contribution in [3.8, 4) is 11.5 Å². The van der Waals surface area contributed by atoms with E-state index in [1.807, 2.05) is 0 Å². The highest BCUT2D eigenvalue weighted by molar-refractivity contribution is 9.09. The van der Waals surface area contributed by atoms with Gasteiger partial charge in [-0.25, -0.2) is 0 Å². The average Bonchev–Trinajstić information content (AvgIpc) is 2.48. The van der Waals surface area contributed by atoms with Crippen molar-refractivity contribution in [2.75, 3.05) is 26.7 Å². The molecule has 1 aromatic carbocycles. The summed E-state index contributed by atoms with van der Waals surface area (Å²) in [5.74, 6) is 0.575. The minimum Gasteiger partial charge on any atom is -0.493 e. The van der Waals surface area contributed by atoms with Gasteiger partial charge in [-0.05, 0) is 17.7 Å². The lowest BCUT2D eigenvalue weighted by Gasteiger charge is -2.14. The first-order valence-corrected chi connectivity index (χ1v) is 6.82. The number of ether oxygens (including phenoxy) is 3. The molecular formula is C13H16BrNO5. The van der Waals surface area contributed by atoms with Gasteiger partial charge in [-0.2, -0.15) is 0 Å². The standard InChI is InChI=1S/C13H16BrNO5/c1-18-11-4-8(5-13(16)20-3)9(6-12(11)19-2)10(7-14)15-17/h4,6,17H,5,7H2,1-3H3/b15-10-. The molecule has 0 spiro atoms. The number of hydrogen-bond acceptors (Lipinski definition) is 6. The van der Waals surface area contributed by atoms with Crippen molar-refractivity contribution in [2.24, 2.45) is 5.16 Å². The molecule has 0 fully saturated rings. The van der Waals surface area contributed by atoms with Gasteiger partial charge in [0.25, 0.3) is 0 Å². The van der Waals surface area contributed by atoms with Crippen LogP contribution in [0.5, 0.6) is 11.5 Å². The fraction of sp³-hybridized carbons (Fsp3) is 0.385. The number of halogens is 1. The maximum Gasteiger partial charge on any atom is 0.310 e. The monoisotopic (exact) mass is 345 g/mol. The first kappa shape index (κ1) is 16.3. The predicted octanol–water partition coefficient (Wildman–Crippen LogP) is 1.99. The molecule has 0 saturated heterocycles. The van der Waals surface area contributed by atoms with E-state index in [4.69, 9.17) is 14.7 Å². The topological polar surface area (TPSA) is 77.4 Å². The Morgan fingerprint density at radius 3 is 2.30 bits per heavy atom. The summed E-state index contributed by atoms with van der Waals surface area (Å²) >= 11 is 3.23. The molecule has 110 valence electrons. The normalized spacial score (nSPS) is 11.1. The van der Waals surface area contributed by atoms with Crippen molar-refractivity contribution >= 4 is 27.6 Å². The van der Waals surface area contributed by atoms with E-state index in [1.165, 1.54) is 21.3 Å². The molecular weight excluding hydrogens is 330 g/mol. The fourth-order valence-corrected chi connectivity index (χ4v) is 2.13. The Morgan fingerprint density at radius 2 is 1.85 bits per heavy atom. The third-order valence-electron chi connectivity index (χ3n) is 2.73. The van der Waals surface area contributed by atoms with Crippen molar-refractivity contribution < 1.29 is 24.2 Å². The summed E-state index contributed by atoms with van der Waals surface area (Å²) in [5.41, 5.74) is 1.60. The molecule has 0 unspecified atom stereocenters. The van der Waals surface area contributed by atoms with Crippen molar-refractivity contribution in [3.63, 3.8) is 0 Å². The maximum atomic E-state index is 11.5. The summed E-state index contributed by atoms with van der Waals surface area (Å²) < 4.78 is 15.1. The molecule has 7 heteroatoms. The van der Waals surface area contributed by atoms with Crippen LogP contribution in [0.4, 0.5) is 0 Å². The molecule has 0 aromatic heterocycles. The lowest BCUT2D eigenvalue weighted by Crippen LogP contribution is -2.12. The van der Waals surface area contributed by atoms with Gasteiger partial charge >= 0.3 is 5.97 Å². The van der Waals surface area contributed by atoms with Gasteiger partial charge < -0.3 is 19.4 Å². The smallest absolute Gasteiger partial charge is 0.310 e. The third kappa shape index (κ3) is 3.63. The van der Waals surface area contributed by atoms with Gasteiger partial charge in [0.1, 0.15) is 0 Å². The molecule has 0 bridgehead atoms. The minimum atomic E-state index is -0.398. The van der Waals surface area contributed by atoms with Gasteiger partial charge in [-0.1, -0.05) is 21.1 Å². The molecule has 0 heterocycles. The quantitative estimate of drug-likeness (QED) is 0.280.